The summed E-state index contributed by atoms with van der Waals surface area (Å²) >= 11 is 0. The highest BCUT2D eigenvalue weighted by Gasteiger charge is 2.13. The Bertz CT molecular complexity index is 599. The van der Waals surface area contributed by atoms with Crippen LogP contribution in [0.2, 0.25) is 0 Å². The van der Waals surface area contributed by atoms with E-state index in [1.54, 1.807) is 6.92 Å². The maximum atomic E-state index is 13.5. The van der Waals surface area contributed by atoms with Gasteiger partial charge in [0.05, 0.1) is 0 Å². The van der Waals surface area contributed by atoms with Gasteiger partial charge in [-0.2, -0.15) is 0 Å². The molecule has 2 nitrogen and oxygen atoms in total. The summed E-state index contributed by atoms with van der Waals surface area (Å²) in [5.41, 5.74) is 6.07. The Kier molecular flexibility index (Phi) is 3.76. The van der Waals surface area contributed by atoms with Crippen molar-refractivity contribution in [3.63, 3.8) is 0 Å². The van der Waals surface area contributed by atoms with Crippen LogP contribution in [-0.2, 0) is 0 Å². The lowest BCUT2D eigenvalue weighted by Crippen LogP contribution is -2.07. The van der Waals surface area contributed by atoms with E-state index in [0.29, 0.717) is 5.56 Å². The Morgan fingerprint density at radius 3 is 2.26 bits per heavy atom. The summed E-state index contributed by atoms with van der Waals surface area (Å²) in [4.78, 5) is 0. The fourth-order valence-corrected chi connectivity index (χ4v) is 1.64. The van der Waals surface area contributed by atoms with Crippen LogP contribution in [-0.4, -0.2) is 0 Å². The van der Waals surface area contributed by atoms with E-state index in [2.05, 4.69) is 0 Å². The molecule has 2 aromatic carbocycles. The van der Waals surface area contributed by atoms with Gasteiger partial charge in [-0.05, 0) is 37.3 Å². The van der Waals surface area contributed by atoms with Crippen molar-refractivity contribution in [2.24, 2.45) is 5.73 Å². The third-order valence-corrected chi connectivity index (χ3v) is 2.58. The van der Waals surface area contributed by atoms with Crippen LogP contribution in [0, 0.1) is 17.5 Å². The van der Waals surface area contributed by atoms with Crippen molar-refractivity contribution in [1.29, 1.82) is 0 Å². The molecule has 2 aromatic rings. The van der Waals surface area contributed by atoms with Crippen molar-refractivity contribution in [3.8, 4) is 11.5 Å². The zero-order valence-corrected chi connectivity index (χ0v) is 10.2. The van der Waals surface area contributed by atoms with Gasteiger partial charge in [0.1, 0.15) is 17.4 Å². The standard InChI is InChI=1S/C14H12F3NO/c1-8(18)11-6-9(15)3-5-13(11)19-14-7-10(16)2-4-12(14)17/h2-8H,18H2,1H3/t8-/m1/s1. The highest BCUT2D eigenvalue weighted by Crippen LogP contribution is 2.31. The number of halogens is 3. The normalized spacial score (nSPS) is 12.3. The molecule has 2 N–H and O–H groups in total. The van der Waals surface area contributed by atoms with Gasteiger partial charge in [0, 0.05) is 17.7 Å². The molecule has 0 unspecified atom stereocenters. The van der Waals surface area contributed by atoms with Crippen molar-refractivity contribution >= 4 is 0 Å². The smallest absolute Gasteiger partial charge is 0.165 e. The third-order valence-electron chi connectivity index (χ3n) is 2.58. The monoisotopic (exact) mass is 267 g/mol. The SMILES string of the molecule is C[C@@H](N)c1cc(F)ccc1Oc1cc(F)ccc1F. The van der Waals surface area contributed by atoms with Crippen LogP contribution in [0.5, 0.6) is 11.5 Å². The van der Waals surface area contributed by atoms with E-state index in [-0.39, 0.29) is 11.5 Å². The van der Waals surface area contributed by atoms with Gasteiger partial charge in [-0.25, -0.2) is 13.2 Å². The number of hydrogen-bond acceptors (Lipinski definition) is 2. The molecule has 0 bridgehead atoms. The summed E-state index contributed by atoms with van der Waals surface area (Å²) < 4.78 is 44.9. The average Bonchev–Trinajstić information content (AvgIpc) is 2.35. The number of ether oxygens (including phenoxy) is 1. The van der Waals surface area contributed by atoms with E-state index >= 15 is 0 Å². The third kappa shape index (κ3) is 3.06. The van der Waals surface area contributed by atoms with Crippen LogP contribution in [0.3, 0.4) is 0 Å². The van der Waals surface area contributed by atoms with Gasteiger partial charge >= 0.3 is 0 Å². The first kappa shape index (κ1) is 13.4. The molecule has 19 heavy (non-hydrogen) atoms. The predicted molar refractivity (Wildman–Crippen MR) is 65.4 cm³/mol. The zero-order chi connectivity index (χ0) is 14.0. The quantitative estimate of drug-likeness (QED) is 0.914. The molecule has 0 saturated carbocycles. The molecule has 0 spiro atoms. The summed E-state index contributed by atoms with van der Waals surface area (Å²) in [6.45, 7) is 1.64. The topological polar surface area (TPSA) is 35.2 Å². The lowest BCUT2D eigenvalue weighted by Gasteiger charge is -2.14. The largest absolute Gasteiger partial charge is 0.454 e. The molecule has 0 aliphatic rings. The zero-order valence-electron chi connectivity index (χ0n) is 10.2. The van der Waals surface area contributed by atoms with Gasteiger partial charge < -0.3 is 10.5 Å². The molecule has 0 fully saturated rings. The highest BCUT2D eigenvalue weighted by atomic mass is 19.1. The number of nitrogens with two attached hydrogens (primary N) is 1. The van der Waals surface area contributed by atoms with E-state index < -0.39 is 23.5 Å². The lowest BCUT2D eigenvalue weighted by atomic mass is 10.1. The minimum atomic E-state index is -0.707. The molecule has 2 rings (SSSR count). The highest BCUT2D eigenvalue weighted by molar-refractivity contribution is 5.40. The maximum absolute atomic E-state index is 13.5. The first-order valence-corrected chi connectivity index (χ1v) is 5.65. The maximum Gasteiger partial charge on any atom is 0.165 e. The minimum absolute atomic E-state index is 0.195. The van der Waals surface area contributed by atoms with Crippen LogP contribution >= 0.6 is 0 Å². The molecule has 0 radical (unpaired) electrons. The van der Waals surface area contributed by atoms with Gasteiger partial charge in [0.25, 0.3) is 0 Å². The van der Waals surface area contributed by atoms with Crippen molar-refractivity contribution in [2.75, 3.05) is 0 Å². The number of rotatable bonds is 3. The second-order valence-electron chi connectivity index (χ2n) is 4.15. The predicted octanol–water partition coefficient (Wildman–Crippen LogP) is 3.92. The molecule has 0 aliphatic carbocycles. The fourth-order valence-electron chi connectivity index (χ4n) is 1.64. The summed E-state index contributed by atoms with van der Waals surface area (Å²) in [6, 6.07) is 6.07. The van der Waals surface area contributed by atoms with Crippen molar-refractivity contribution < 1.29 is 17.9 Å². The van der Waals surface area contributed by atoms with Crippen LogP contribution in [0.4, 0.5) is 13.2 Å². The molecule has 0 saturated heterocycles. The van der Waals surface area contributed by atoms with Crippen molar-refractivity contribution in [2.45, 2.75) is 13.0 Å². The summed E-state index contributed by atoms with van der Waals surface area (Å²) in [6.07, 6.45) is 0. The number of benzene rings is 2. The molecule has 0 heterocycles. The molecule has 5 heteroatoms. The Labute approximate surface area is 108 Å². The average molecular weight is 267 g/mol. The van der Waals surface area contributed by atoms with Gasteiger partial charge in [0.15, 0.2) is 11.6 Å². The Morgan fingerprint density at radius 1 is 0.947 bits per heavy atom. The van der Waals surface area contributed by atoms with Crippen molar-refractivity contribution in [1.82, 2.24) is 0 Å². The molecule has 0 aliphatic heterocycles. The first-order chi connectivity index (χ1) is 8.97. The summed E-state index contributed by atoms with van der Waals surface area (Å²) in [5.74, 6) is -1.88. The molecule has 0 aromatic heterocycles. The van der Waals surface area contributed by atoms with E-state index in [9.17, 15) is 13.2 Å². The van der Waals surface area contributed by atoms with Gasteiger partial charge in [0.2, 0.25) is 0 Å². The van der Waals surface area contributed by atoms with E-state index in [4.69, 9.17) is 10.5 Å². The molecular formula is C14H12F3NO. The molecule has 1 atom stereocenters. The van der Waals surface area contributed by atoms with E-state index in [0.717, 1.165) is 18.2 Å². The second-order valence-corrected chi connectivity index (χ2v) is 4.15. The lowest BCUT2D eigenvalue weighted by molar-refractivity contribution is 0.428. The van der Waals surface area contributed by atoms with E-state index in [1.165, 1.54) is 18.2 Å². The second kappa shape index (κ2) is 5.32. The molecule has 100 valence electrons. The molecular weight excluding hydrogens is 255 g/mol. The van der Waals surface area contributed by atoms with Crippen LogP contribution < -0.4 is 10.5 Å². The van der Waals surface area contributed by atoms with E-state index in [1.807, 2.05) is 0 Å². The van der Waals surface area contributed by atoms with Gasteiger partial charge in [-0.1, -0.05) is 0 Å². The Balaban J connectivity index is 2.40. The van der Waals surface area contributed by atoms with Crippen LogP contribution in [0.1, 0.15) is 18.5 Å². The fraction of sp³-hybridized carbons (Fsp3) is 0.143. The van der Waals surface area contributed by atoms with Crippen molar-refractivity contribution in [3.05, 3.63) is 59.4 Å². The van der Waals surface area contributed by atoms with Crippen LogP contribution in [0.15, 0.2) is 36.4 Å². The number of hydrogen-bond donors (Lipinski definition) is 1. The molecule has 0 amide bonds. The first-order valence-electron chi connectivity index (χ1n) is 5.65. The Hall–Kier alpha value is -2.01. The van der Waals surface area contributed by atoms with Crippen LogP contribution in [0.25, 0.3) is 0 Å². The Morgan fingerprint density at radius 2 is 1.58 bits per heavy atom. The summed E-state index contributed by atoms with van der Waals surface area (Å²) in [7, 11) is 0. The minimum Gasteiger partial charge on any atom is -0.454 e. The summed E-state index contributed by atoms with van der Waals surface area (Å²) in [5, 5.41) is 0. The van der Waals surface area contributed by atoms with Gasteiger partial charge in [-0.15, -0.1) is 0 Å². The van der Waals surface area contributed by atoms with Gasteiger partial charge in [-0.3, -0.25) is 0 Å².